The van der Waals surface area contributed by atoms with Crippen LogP contribution in [0.25, 0.3) is 11.1 Å². The van der Waals surface area contributed by atoms with Crippen molar-refractivity contribution in [2.45, 2.75) is 23.2 Å². The lowest BCUT2D eigenvalue weighted by atomic mass is 9.94. The summed E-state index contributed by atoms with van der Waals surface area (Å²) in [7, 11) is -3.44. The molecule has 1 aliphatic carbocycles. The quantitative estimate of drug-likeness (QED) is 0.591. The molecule has 8 heteroatoms. The first-order chi connectivity index (χ1) is 15.4. The van der Waals surface area contributed by atoms with Crippen molar-refractivity contribution in [3.05, 3.63) is 72.3 Å². The van der Waals surface area contributed by atoms with Gasteiger partial charge in [0, 0.05) is 7.11 Å². The maximum Gasteiger partial charge on any atom is 0.235 e. The molecule has 1 fully saturated rings. The Labute approximate surface area is 187 Å². The first-order valence-corrected chi connectivity index (χ1v) is 11.9. The molecule has 2 aliphatic rings. The number of anilines is 1. The van der Waals surface area contributed by atoms with Crippen molar-refractivity contribution in [2.75, 3.05) is 18.0 Å². The van der Waals surface area contributed by atoms with E-state index in [4.69, 9.17) is 15.2 Å². The number of carbonyl (C=O) groups is 1. The van der Waals surface area contributed by atoms with Crippen molar-refractivity contribution >= 4 is 21.4 Å². The zero-order valence-electron chi connectivity index (χ0n) is 17.2. The standard InChI is InChI=1S/C24H22N2O5S.H2/c25-14-32(28,29)20-8-3-17(4-9-20)16-1-6-19(7-2-16)26-23(27)24(11-12-24)18-5-10-21-22(13-18)31-15-30-21;/h1-10,13H,11-12,14-15,25H2,(H,26,27);1H. The Morgan fingerprint density at radius 3 is 2.19 bits per heavy atom. The fourth-order valence-corrected chi connectivity index (χ4v) is 4.66. The van der Waals surface area contributed by atoms with Gasteiger partial charge in [0.1, 0.15) is 5.88 Å². The van der Waals surface area contributed by atoms with Crippen molar-refractivity contribution in [1.29, 1.82) is 0 Å². The molecule has 1 aliphatic heterocycles. The third-order valence-corrected chi connectivity index (χ3v) is 7.45. The second-order valence-electron chi connectivity index (χ2n) is 7.99. The van der Waals surface area contributed by atoms with Crippen LogP contribution in [-0.4, -0.2) is 27.0 Å². The van der Waals surface area contributed by atoms with Gasteiger partial charge in [-0.2, -0.15) is 0 Å². The SMILES string of the molecule is NCS(=O)(=O)c1ccc(-c2ccc(NC(=O)C3(c4ccc5c(c4)OCO5)CC3)cc2)cc1.[HH]. The molecule has 166 valence electrons. The highest BCUT2D eigenvalue weighted by Crippen LogP contribution is 2.51. The number of nitrogens with two attached hydrogens (primary N) is 1. The number of sulfone groups is 1. The minimum atomic E-state index is -3.44. The van der Waals surface area contributed by atoms with Gasteiger partial charge in [-0.1, -0.05) is 30.3 Å². The molecule has 1 amide bonds. The van der Waals surface area contributed by atoms with Gasteiger partial charge in [0.2, 0.25) is 12.7 Å². The molecule has 3 aromatic carbocycles. The number of ether oxygens (including phenoxy) is 2. The molecule has 3 N–H and O–H groups in total. The Kier molecular flexibility index (Phi) is 4.91. The van der Waals surface area contributed by atoms with E-state index in [2.05, 4.69) is 5.32 Å². The summed E-state index contributed by atoms with van der Waals surface area (Å²) in [4.78, 5) is 13.3. The zero-order chi connectivity index (χ0) is 22.3. The average Bonchev–Trinajstić information content (AvgIpc) is 3.50. The van der Waals surface area contributed by atoms with Crippen LogP contribution >= 0.6 is 0 Å². The molecule has 3 aromatic rings. The van der Waals surface area contributed by atoms with Crippen molar-refractivity contribution in [2.24, 2.45) is 5.73 Å². The van der Waals surface area contributed by atoms with Crippen LogP contribution < -0.4 is 20.5 Å². The van der Waals surface area contributed by atoms with Gasteiger partial charge in [0.15, 0.2) is 21.3 Å². The van der Waals surface area contributed by atoms with Crippen LogP contribution in [0.2, 0.25) is 0 Å². The summed E-state index contributed by atoms with van der Waals surface area (Å²) >= 11 is 0. The number of amides is 1. The summed E-state index contributed by atoms with van der Waals surface area (Å²) in [5.41, 5.74) is 8.19. The van der Waals surface area contributed by atoms with Gasteiger partial charge >= 0.3 is 0 Å². The normalized spacial score (nSPS) is 15.9. The summed E-state index contributed by atoms with van der Waals surface area (Å²) in [6.45, 7) is 0.204. The smallest absolute Gasteiger partial charge is 0.235 e. The summed E-state index contributed by atoms with van der Waals surface area (Å²) < 4.78 is 34.5. The molecule has 5 rings (SSSR count). The van der Waals surface area contributed by atoms with Crippen LogP contribution in [0.5, 0.6) is 11.5 Å². The lowest BCUT2D eigenvalue weighted by Crippen LogP contribution is -2.27. The van der Waals surface area contributed by atoms with Crippen LogP contribution in [0.1, 0.15) is 19.8 Å². The lowest BCUT2D eigenvalue weighted by molar-refractivity contribution is -0.118. The third-order valence-electron chi connectivity index (χ3n) is 6.02. The number of hydrogen-bond acceptors (Lipinski definition) is 6. The predicted octanol–water partition coefficient (Wildman–Crippen LogP) is 3.69. The molecule has 0 saturated heterocycles. The van der Waals surface area contributed by atoms with Crippen LogP contribution in [-0.2, 0) is 20.0 Å². The average molecular weight is 453 g/mol. The van der Waals surface area contributed by atoms with E-state index < -0.39 is 21.1 Å². The van der Waals surface area contributed by atoms with E-state index in [1.807, 2.05) is 42.5 Å². The number of fused-ring (bicyclic) bond motifs is 1. The minimum absolute atomic E-state index is 0. The first kappa shape index (κ1) is 20.5. The lowest BCUT2D eigenvalue weighted by Gasteiger charge is -2.16. The monoisotopic (exact) mass is 452 g/mol. The summed E-state index contributed by atoms with van der Waals surface area (Å²) in [6, 6.07) is 19.7. The highest BCUT2D eigenvalue weighted by Gasteiger charge is 2.51. The maximum absolute atomic E-state index is 13.1. The van der Waals surface area contributed by atoms with Crippen LogP contribution in [0, 0.1) is 0 Å². The Morgan fingerprint density at radius 1 is 0.938 bits per heavy atom. The van der Waals surface area contributed by atoms with Gasteiger partial charge in [-0.05, 0) is 65.9 Å². The van der Waals surface area contributed by atoms with E-state index in [1.165, 1.54) is 0 Å². The first-order valence-electron chi connectivity index (χ1n) is 10.3. The van der Waals surface area contributed by atoms with Gasteiger partial charge in [-0.25, -0.2) is 8.42 Å². The number of carbonyl (C=O) groups excluding carboxylic acids is 1. The Bertz CT molecular complexity index is 1290. The number of hydrogen-bond donors (Lipinski definition) is 2. The van der Waals surface area contributed by atoms with E-state index in [9.17, 15) is 13.2 Å². The topological polar surface area (TPSA) is 108 Å². The number of rotatable bonds is 6. The van der Waals surface area contributed by atoms with Crippen molar-refractivity contribution in [1.82, 2.24) is 0 Å². The van der Waals surface area contributed by atoms with Gasteiger partial charge in [0.05, 0.1) is 10.3 Å². The zero-order valence-corrected chi connectivity index (χ0v) is 18.0. The molecule has 0 bridgehead atoms. The molecule has 1 saturated carbocycles. The van der Waals surface area contributed by atoms with Crippen molar-refractivity contribution < 1.29 is 24.1 Å². The molecule has 0 aromatic heterocycles. The summed E-state index contributed by atoms with van der Waals surface area (Å²) in [5.74, 6) is 0.917. The summed E-state index contributed by atoms with van der Waals surface area (Å²) in [6.07, 6.45) is 1.57. The second kappa shape index (κ2) is 7.65. The molecule has 0 spiro atoms. The molecule has 32 heavy (non-hydrogen) atoms. The van der Waals surface area contributed by atoms with Crippen molar-refractivity contribution in [3.8, 4) is 22.6 Å². The molecule has 0 unspecified atom stereocenters. The Morgan fingerprint density at radius 2 is 1.56 bits per heavy atom. The van der Waals surface area contributed by atoms with Gasteiger partial charge < -0.3 is 20.5 Å². The highest BCUT2D eigenvalue weighted by atomic mass is 32.2. The second-order valence-corrected chi connectivity index (χ2v) is 10.0. The Balaban J connectivity index is 0.00000259. The van der Waals surface area contributed by atoms with E-state index >= 15 is 0 Å². The molecule has 0 radical (unpaired) electrons. The van der Waals surface area contributed by atoms with E-state index in [0.29, 0.717) is 17.2 Å². The summed E-state index contributed by atoms with van der Waals surface area (Å²) in [5, 5.41) is 3.02. The maximum atomic E-state index is 13.1. The predicted molar refractivity (Wildman–Crippen MR) is 122 cm³/mol. The fraction of sp³-hybridized carbons (Fsp3) is 0.208. The molecular weight excluding hydrogens is 428 g/mol. The Hall–Kier alpha value is -3.36. The minimum Gasteiger partial charge on any atom is -0.454 e. The van der Waals surface area contributed by atoms with Gasteiger partial charge in [-0.15, -0.1) is 0 Å². The number of nitrogens with one attached hydrogen (secondary N) is 1. The van der Waals surface area contributed by atoms with Gasteiger partial charge in [-0.3, -0.25) is 4.79 Å². The fourth-order valence-electron chi connectivity index (χ4n) is 3.91. The van der Waals surface area contributed by atoms with Crippen LogP contribution in [0.15, 0.2) is 71.6 Å². The number of benzene rings is 3. The molecular formula is C24H24N2O5S. The highest BCUT2D eigenvalue weighted by molar-refractivity contribution is 7.91. The molecule has 0 atom stereocenters. The third kappa shape index (κ3) is 3.61. The van der Waals surface area contributed by atoms with E-state index in [-0.39, 0.29) is 19.0 Å². The van der Waals surface area contributed by atoms with E-state index in [1.54, 1.807) is 24.3 Å². The van der Waals surface area contributed by atoms with Crippen LogP contribution in [0.3, 0.4) is 0 Å². The molecule has 7 nitrogen and oxygen atoms in total. The van der Waals surface area contributed by atoms with Gasteiger partial charge in [0.25, 0.3) is 0 Å². The van der Waals surface area contributed by atoms with Crippen LogP contribution in [0.4, 0.5) is 5.69 Å². The molecule has 1 heterocycles. The largest absolute Gasteiger partial charge is 0.454 e. The van der Waals surface area contributed by atoms with E-state index in [0.717, 1.165) is 29.5 Å². The van der Waals surface area contributed by atoms with Crippen molar-refractivity contribution in [3.63, 3.8) is 0 Å².